The number of nitrogens with zero attached hydrogens (tertiary/aromatic N) is 7. The quantitative estimate of drug-likeness (QED) is 0.108. The van der Waals surface area contributed by atoms with Gasteiger partial charge in [-0.15, -0.1) is 0 Å². The van der Waals surface area contributed by atoms with Gasteiger partial charge in [0.2, 0.25) is 5.95 Å². The van der Waals surface area contributed by atoms with Crippen LogP contribution in [0.25, 0.3) is 10.4 Å². The number of hydrogen-bond acceptors (Lipinski definition) is 11. The Morgan fingerprint density at radius 2 is 1.90 bits per heavy atom. The van der Waals surface area contributed by atoms with E-state index in [0.717, 1.165) is 4.90 Å². The van der Waals surface area contributed by atoms with Crippen molar-refractivity contribution >= 4 is 47.1 Å². The third kappa shape index (κ3) is 6.15. The third-order valence-electron chi connectivity index (χ3n) is 5.44. The van der Waals surface area contributed by atoms with E-state index in [-0.39, 0.29) is 48.3 Å². The van der Waals surface area contributed by atoms with Crippen LogP contribution in [0.3, 0.4) is 0 Å². The van der Waals surface area contributed by atoms with E-state index in [9.17, 15) is 24.5 Å². The van der Waals surface area contributed by atoms with Crippen molar-refractivity contribution in [3.8, 4) is 0 Å². The summed E-state index contributed by atoms with van der Waals surface area (Å²) in [4.78, 5) is 62.6. The number of amides is 1. The molecule has 0 aliphatic carbocycles. The van der Waals surface area contributed by atoms with Crippen molar-refractivity contribution < 1.29 is 24.0 Å². The molecular formula is C23H19N9O7. The molecule has 0 saturated heterocycles. The molecule has 3 N–H and O–H groups in total. The summed E-state index contributed by atoms with van der Waals surface area (Å²) < 4.78 is 10.7. The smallest absolute Gasteiger partial charge is 0.415 e. The van der Waals surface area contributed by atoms with E-state index in [1.54, 1.807) is 0 Å². The number of non-ortho nitro benzene ring substituents is 1. The number of aromatic nitrogens is 2. The first kappa shape index (κ1) is 26.3. The molecule has 39 heavy (non-hydrogen) atoms. The van der Waals surface area contributed by atoms with Gasteiger partial charge in [0.25, 0.3) is 11.2 Å². The van der Waals surface area contributed by atoms with Gasteiger partial charge in [-0.3, -0.25) is 24.8 Å². The number of rotatable bonds is 8. The number of ether oxygens (including phenoxy) is 2. The van der Waals surface area contributed by atoms with E-state index in [1.165, 1.54) is 54.7 Å². The summed E-state index contributed by atoms with van der Waals surface area (Å²) >= 11 is 0. The van der Waals surface area contributed by atoms with E-state index in [1.807, 2.05) is 0 Å². The largest absolute Gasteiger partial charge is 0.459 e. The SMILES string of the molecule is [N-]=[N+]=Nc1ccc(C(=O)OCC2C=Nc3nc(N)[nH]c(=O)c3N2C(=O)OCCc2ccc([N+](=O)[O-])cc2)cc1. The molecule has 3 aromatic rings. The number of nitrogen functional groups attached to an aromatic ring is 1. The molecule has 1 aliphatic rings. The number of hydrogen-bond donors (Lipinski definition) is 2. The first-order chi connectivity index (χ1) is 18.8. The number of benzene rings is 2. The number of nitro groups is 1. The van der Waals surface area contributed by atoms with Gasteiger partial charge in [-0.25, -0.2) is 14.6 Å². The minimum atomic E-state index is -1.03. The molecule has 0 spiro atoms. The molecule has 198 valence electrons. The summed E-state index contributed by atoms with van der Waals surface area (Å²) in [6.07, 6.45) is 0.561. The van der Waals surface area contributed by atoms with Crippen LogP contribution in [0.15, 0.2) is 63.4 Å². The molecule has 0 saturated carbocycles. The molecule has 2 heterocycles. The van der Waals surface area contributed by atoms with Gasteiger partial charge >= 0.3 is 12.1 Å². The maximum Gasteiger partial charge on any atom is 0.415 e. The summed E-state index contributed by atoms with van der Waals surface area (Å²) in [7, 11) is 0. The van der Waals surface area contributed by atoms with Crippen LogP contribution in [0.2, 0.25) is 0 Å². The van der Waals surface area contributed by atoms with Gasteiger partial charge in [0, 0.05) is 35.4 Å². The van der Waals surface area contributed by atoms with Gasteiger partial charge in [-0.2, -0.15) is 4.98 Å². The van der Waals surface area contributed by atoms with Crippen LogP contribution in [-0.4, -0.2) is 52.4 Å². The van der Waals surface area contributed by atoms with Crippen LogP contribution >= 0.6 is 0 Å². The van der Waals surface area contributed by atoms with Crippen LogP contribution in [0.1, 0.15) is 15.9 Å². The van der Waals surface area contributed by atoms with Crippen molar-refractivity contribution in [2.75, 3.05) is 23.8 Å². The van der Waals surface area contributed by atoms with E-state index in [2.05, 4.69) is 25.0 Å². The molecule has 1 atom stereocenters. The van der Waals surface area contributed by atoms with Gasteiger partial charge < -0.3 is 15.2 Å². The highest BCUT2D eigenvalue weighted by molar-refractivity contribution is 5.99. The number of aromatic amines is 1. The molecule has 1 amide bonds. The zero-order valence-corrected chi connectivity index (χ0v) is 20.0. The Labute approximate surface area is 218 Å². The molecule has 0 bridgehead atoms. The fourth-order valence-corrected chi connectivity index (χ4v) is 3.58. The van der Waals surface area contributed by atoms with Gasteiger partial charge in [-0.1, -0.05) is 29.4 Å². The second-order valence-electron chi connectivity index (χ2n) is 7.96. The number of anilines is 2. The predicted molar refractivity (Wildman–Crippen MR) is 137 cm³/mol. The van der Waals surface area contributed by atoms with Crippen LogP contribution in [0.5, 0.6) is 0 Å². The van der Waals surface area contributed by atoms with Crippen molar-refractivity contribution in [3.63, 3.8) is 0 Å². The topological polar surface area (TPSA) is 232 Å². The Hall–Kier alpha value is -5.76. The minimum absolute atomic E-state index is 0.0741. The summed E-state index contributed by atoms with van der Waals surface area (Å²) in [5.74, 6) is -1.08. The van der Waals surface area contributed by atoms with E-state index in [0.29, 0.717) is 11.3 Å². The van der Waals surface area contributed by atoms with Crippen molar-refractivity contribution in [3.05, 3.63) is 90.6 Å². The second-order valence-corrected chi connectivity index (χ2v) is 7.96. The number of esters is 1. The number of carbonyl (C=O) groups excluding carboxylic acids is 2. The molecule has 0 radical (unpaired) electrons. The predicted octanol–water partition coefficient (Wildman–Crippen LogP) is 3.33. The van der Waals surface area contributed by atoms with Crippen molar-refractivity contribution in [1.82, 2.24) is 9.97 Å². The average molecular weight is 533 g/mol. The Kier molecular flexibility index (Phi) is 7.78. The standard InChI is InChI=1S/C23H19N9O7/c24-22-27-19-18(20(33)28-22)31(23(35)38-10-9-13-1-7-16(8-2-13)32(36)37)17(11-26-19)12-39-21(34)14-3-5-15(6-4-14)29-30-25/h1-8,11,17H,9-10,12H2,(H3,24,27,28,33). The highest BCUT2D eigenvalue weighted by atomic mass is 16.6. The highest BCUT2D eigenvalue weighted by Gasteiger charge is 2.35. The number of nitrogens with two attached hydrogens (primary N) is 1. The Bertz CT molecular complexity index is 1550. The number of H-pyrrole nitrogens is 1. The summed E-state index contributed by atoms with van der Waals surface area (Å²) in [5, 5.41) is 14.2. The molecule has 1 aliphatic heterocycles. The van der Waals surface area contributed by atoms with Crippen LogP contribution in [0, 0.1) is 10.1 Å². The zero-order valence-electron chi connectivity index (χ0n) is 20.0. The molecule has 0 fully saturated rings. The first-order valence-corrected chi connectivity index (χ1v) is 11.2. The molecule has 4 rings (SSSR count). The fraction of sp³-hybridized carbons (Fsp3) is 0.174. The average Bonchev–Trinajstić information content (AvgIpc) is 2.92. The lowest BCUT2D eigenvalue weighted by molar-refractivity contribution is -0.384. The Morgan fingerprint density at radius 1 is 1.18 bits per heavy atom. The molecular weight excluding hydrogens is 514 g/mol. The number of nitro benzene ring substituents is 1. The van der Waals surface area contributed by atoms with Gasteiger partial charge in [-0.05, 0) is 23.2 Å². The molecule has 1 aromatic heterocycles. The number of nitrogens with one attached hydrogen (secondary N) is 1. The summed E-state index contributed by atoms with van der Waals surface area (Å²) in [6, 6.07) is 10.4. The first-order valence-electron chi connectivity index (χ1n) is 11.2. The van der Waals surface area contributed by atoms with Crippen molar-refractivity contribution in [2.45, 2.75) is 12.5 Å². The Balaban J connectivity index is 1.48. The van der Waals surface area contributed by atoms with Gasteiger partial charge in [0.15, 0.2) is 11.5 Å². The number of aliphatic imine (C=N–C) groups is 1. The highest BCUT2D eigenvalue weighted by Crippen LogP contribution is 2.29. The number of azide groups is 1. The minimum Gasteiger partial charge on any atom is -0.459 e. The summed E-state index contributed by atoms with van der Waals surface area (Å²) in [5.41, 5.74) is 14.2. The molecule has 2 aromatic carbocycles. The fourth-order valence-electron chi connectivity index (χ4n) is 3.58. The van der Waals surface area contributed by atoms with E-state index in [4.69, 9.17) is 20.7 Å². The molecule has 16 heteroatoms. The molecule has 1 unspecified atom stereocenters. The lowest BCUT2D eigenvalue weighted by atomic mass is 10.1. The van der Waals surface area contributed by atoms with Crippen LogP contribution in [-0.2, 0) is 15.9 Å². The van der Waals surface area contributed by atoms with Crippen LogP contribution in [0.4, 0.5) is 33.6 Å². The van der Waals surface area contributed by atoms with Crippen molar-refractivity contribution in [2.24, 2.45) is 10.1 Å². The third-order valence-corrected chi connectivity index (χ3v) is 5.44. The lowest BCUT2D eigenvalue weighted by Crippen LogP contribution is -2.49. The number of fused-ring (bicyclic) bond motifs is 1. The maximum atomic E-state index is 13.1. The summed E-state index contributed by atoms with van der Waals surface area (Å²) in [6.45, 7) is -0.509. The maximum absolute atomic E-state index is 13.1. The monoisotopic (exact) mass is 533 g/mol. The zero-order chi connectivity index (χ0) is 27.9. The second kappa shape index (κ2) is 11.5. The van der Waals surface area contributed by atoms with E-state index >= 15 is 0 Å². The van der Waals surface area contributed by atoms with Crippen molar-refractivity contribution in [1.29, 1.82) is 0 Å². The van der Waals surface area contributed by atoms with Gasteiger partial charge in [0.05, 0.1) is 17.1 Å². The number of carbonyl (C=O) groups is 2. The Morgan fingerprint density at radius 3 is 2.56 bits per heavy atom. The van der Waals surface area contributed by atoms with Gasteiger partial charge in [0.1, 0.15) is 12.6 Å². The molecule has 16 nitrogen and oxygen atoms in total. The lowest BCUT2D eigenvalue weighted by Gasteiger charge is -2.30. The van der Waals surface area contributed by atoms with E-state index < -0.39 is 28.6 Å². The normalized spacial score (nSPS) is 13.6. The van der Waals surface area contributed by atoms with Crippen LogP contribution < -0.4 is 16.2 Å².